The van der Waals surface area contributed by atoms with E-state index in [4.69, 9.17) is 9.84 Å². The Bertz CT molecular complexity index is 541. The van der Waals surface area contributed by atoms with Crippen molar-refractivity contribution in [1.82, 2.24) is 0 Å². The fraction of sp³-hybridized carbons (Fsp3) is 0.417. The maximum atomic E-state index is 14.0. The van der Waals surface area contributed by atoms with Crippen molar-refractivity contribution in [3.8, 4) is 0 Å². The molecule has 0 spiro atoms. The van der Waals surface area contributed by atoms with Gasteiger partial charge in [0.05, 0.1) is 23.3 Å². The number of aromatic carboxylic acids is 1. The van der Waals surface area contributed by atoms with Crippen molar-refractivity contribution in [2.75, 3.05) is 31.2 Å². The summed E-state index contributed by atoms with van der Waals surface area (Å²) in [5, 5.41) is 19.8. The molecule has 1 aliphatic heterocycles. The Morgan fingerprint density at radius 3 is 2.80 bits per heavy atom. The van der Waals surface area contributed by atoms with Gasteiger partial charge in [-0.3, -0.25) is 10.1 Å². The molecule has 0 bridgehead atoms. The molecule has 0 saturated carbocycles. The van der Waals surface area contributed by atoms with Crippen LogP contribution in [-0.2, 0) is 4.74 Å². The molecule has 20 heavy (non-hydrogen) atoms. The number of carboxylic acid groups (broad SMARTS) is 1. The van der Waals surface area contributed by atoms with Gasteiger partial charge >= 0.3 is 5.97 Å². The lowest BCUT2D eigenvalue weighted by Gasteiger charge is -2.22. The SMILES string of the molecule is O=C(O)c1cc(N2CCCOCC2)c(F)cc1[N+](=O)[O-]. The number of hydrogen-bond acceptors (Lipinski definition) is 5. The summed E-state index contributed by atoms with van der Waals surface area (Å²) in [6.07, 6.45) is 0.679. The summed E-state index contributed by atoms with van der Waals surface area (Å²) in [5.41, 5.74) is -1.21. The van der Waals surface area contributed by atoms with Gasteiger partial charge in [0.1, 0.15) is 5.56 Å². The van der Waals surface area contributed by atoms with Crippen molar-refractivity contribution in [2.24, 2.45) is 0 Å². The maximum absolute atomic E-state index is 14.0. The van der Waals surface area contributed by atoms with Crippen LogP contribution in [0.15, 0.2) is 12.1 Å². The van der Waals surface area contributed by atoms with Crippen molar-refractivity contribution in [3.05, 3.63) is 33.6 Å². The van der Waals surface area contributed by atoms with Crippen molar-refractivity contribution < 1.29 is 24.0 Å². The number of nitro groups is 1. The van der Waals surface area contributed by atoms with Crippen LogP contribution in [0.25, 0.3) is 0 Å². The predicted molar refractivity (Wildman–Crippen MR) is 67.7 cm³/mol. The lowest BCUT2D eigenvalue weighted by atomic mass is 10.1. The molecular formula is C12H13FN2O5. The monoisotopic (exact) mass is 284 g/mol. The molecule has 1 saturated heterocycles. The lowest BCUT2D eigenvalue weighted by Crippen LogP contribution is -2.27. The molecule has 1 aliphatic rings. The van der Waals surface area contributed by atoms with E-state index in [1.165, 1.54) is 0 Å². The van der Waals surface area contributed by atoms with Gasteiger partial charge in [-0.2, -0.15) is 0 Å². The van der Waals surface area contributed by atoms with Crippen LogP contribution in [0.4, 0.5) is 15.8 Å². The topological polar surface area (TPSA) is 92.9 Å². The third kappa shape index (κ3) is 2.85. The number of anilines is 1. The number of halogens is 1. The normalized spacial score (nSPS) is 15.8. The molecule has 8 heteroatoms. The molecule has 1 aromatic rings. The Labute approximate surface area is 113 Å². The van der Waals surface area contributed by atoms with Crippen molar-refractivity contribution in [1.29, 1.82) is 0 Å². The Morgan fingerprint density at radius 1 is 1.40 bits per heavy atom. The third-order valence-corrected chi connectivity index (χ3v) is 3.06. The largest absolute Gasteiger partial charge is 0.477 e. The molecule has 1 fully saturated rings. The molecule has 2 rings (SSSR count). The van der Waals surface area contributed by atoms with E-state index in [1.54, 1.807) is 4.90 Å². The van der Waals surface area contributed by atoms with E-state index in [0.717, 1.165) is 6.07 Å². The molecular weight excluding hydrogens is 271 g/mol. The van der Waals surface area contributed by atoms with E-state index in [0.29, 0.717) is 38.8 Å². The number of carboxylic acids is 1. The van der Waals surface area contributed by atoms with Crippen LogP contribution in [-0.4, -0.2) is 42.3 Å². The van der Waals surface area contributed by atoms with Crippen molar-refractivity contribution >= 4 is 17.3 Å². The average Bonchev–Trinajstić information content (AvgIpc) is 2.66. The first kappa shape index (κ1) is 14.2. The number of nitrogens with zero attached hydrogens (tertiary/aromatic N) is 2. The van der Waals surface area contributed by atoms with Gasteiger partial charge in [-0.1, -0.05) is 0 Å². The van der Waals surface area contributed by atoms with Gasteiger partial charge in [0, 0.05) is 19.7 Å². The van der Waals surface area contributed by atoms with Gasteiger partial charge in [-0.15, -0.1) is 0 Å². The van der Waals surface area contributed by atoms with Crippen LogP contribution in [0.5, 0.6) is 0 Å². The van der Waals surface area contributed by atoms with Gasteiger partial charge in [-0.25, -0.2) is 9.18 Å². The summed E-state index contributed by atoms with van der Waals surface area (Å²) in [6.45, 7) is 1.87. The third-order valence-electron chi connectivity index (χ3n) is 3.06. The standard InChI is InChI=1S/C12H13FN2O5/c13-9-7-10(15(18)19)8(12(16)17)6-11(9)14-2-1-4-20-5-3-14/h6-7H,1-5H2,(H,16,17). The molecule has 7 nitrogen and oxygen atoms in total. The molecule has 0 unspecified atom stereocenters. The number of ether oxygens (including phenoxy) is 1. The smallest absolute Gasteiger partial charge is 0.342 e. The molecule has 0 atom stereocenters. The van der Waals surface area contributed by atoms with Crippen LogP contribution in [0.2, 0.25) is 0 Å². The molecule has 0 amide bonds. The van der Waals surface area contributed by atoms with Crippen LogP contribution in [0.3, 0.4) is 0 Å². The zero-order valence-electron chi connectivity index (χ0n) is 10.5. The fourth-order valence-corrected chi connectivity index (χ4v) is 2.10. The van der Waals surface area contributed by atoms with Gasteiger partial charge in [-0.05, 0) is 12.5 Å². The predicted octanol–water partition coefficient (Wildman–Crippen LogP) is 1.66. The number of carbonyl (C=O) groups is 1. The fourth-order valence-electron chi connectivity index (χ4n) is 2.10. The summed E-state index contributed by atoms with van der Waals surface area (Å²) in [5.74, 6) is -2.26. The summed E-state index contributed by atoms with van der Waals surface area (Å²) < 4.78 is 19.2. The minimum Gasteiger partial charge on any atom is -0.477 e. The number of rotatable bonds is 3. The highest BCUT2D eigenvalue weighted by Crippen LogP contribution is 2.29. The van der Waals surface area contributed by atoms with Crippen molar-refractivity contribution in [3.63, 3.8) is 0 Å². The zero-order chi connectivity index (χ0) is 14.7. The van der Waals surface area contributed by atoms with Gasteiger partial charge in [0.15, 0.2) is 5.82 Å². The van der Waals surface area contributed by atoms with E-state index in [-0.39, 0.29) is 5.69 Å². The molecule has 0 aliphatic carbocycles. The first-order chi connectivity index (χ1) is 9.50. The van der Waals surface area contributed by atoms with Crippen LogP contribution in [0.1, 0.15) is 16.8 Å². The highest BCUT2D eigenvalue weighted by atomic mass is 19.1. The van der Waals surface area contributed by atoms with Gasteiger partial charge in [0.2, 0.25) is 0 Å². The van der Waals surface area contributed by atoms with Crippen LogP contribution >= 0.6 is 0 Å². The second-order valence-electron chi connectivity index (χ2n) is 4.34. The second-order valence-corrected chi connectivity index (χ2v) is 4.34. The Morgan fingerprint density at radius 2 is 2.15 bits per heavy atom. The Kier molecular flexibility index (Phi) is 4.14. The Balaban J connectivity index is 2.45. The van der Waals surface area contributed by atoms with Crippen LogP contribution < -0.4 is 4.90 Å². The summed E-state index contributed by atoms with van der Waals surface area (Å²) in [7, 11) is 0. The van der Waals surface area contributed by atoms with Gasteiger partial charge in [0.25, 0.3) is 5.69 Å². The summed E-state index contributed by atoms with van der Waals surface area (Å²) in [6, 6.07) is 1.67. The van der Waals surface area contributed by atoms with E-state index in [1.807, 2.05) is 0 Å². The number of hydrogen-bond donors (Lipinski definition) is 1. The summed E-state index contributed by atoms with van der Waals surface area (Å²) in [4.78, 5) is 22.6. The summed E-state index contributed by atoms with van der Waals surface area (Å²) >= 11 is 0. The molecule has 1 N–H and O–H groups in total. The average molecular weight is 284 g/mol. The quantitative estimate of drug-likeness (QED) is 0.670. The van der Waals surface area contributed by atoms with Gasteiger partial charge < -0.3 is 14.7 Å². The minimum absolute atomic E-state index is 0.0542. The first-order valence-electron chi connectivity index (χ1n) is 6.04. The van der Waals surface area contributed by atoms with E-state index in [9.17, 15) is 19.3 Å². The molecule has 1 aromatic carbocycles. The minimum atomic E-state index is -1.45. The molecule has 0 aromatic heterocycles. The number of nitro benzene ring substituents is 1. The van der Waals surface area contributed by atoms with Crippen molar-refractivity contribution in [2.45, 2.75) is 6.42 Å². The molecule has 1 heterocycles. The van der Waals surface area contributed by atoms with E-state index >= 15 is 0 Å². The Hall–Kier alpha value is -2.22. The lowest BCUT2D eigenvalue weighted by molar-refractivity contribution is -0.385. The van der Waals surface area contributed by atoms with Crippen LogP contribution in [0, 0.1) is 15.9 Å². The highest BCUT2D eigenvalue weighted by molar-refractivity contribution is 5.93. The maximum Gasteiger partial charge on any atom is 0.342 e. The van der Waals surface area contributed by atoms with E-state index < -0.39 is 28.0 Å². The van der Waals surface area contributed by atoms with E-state index in [2.05, 4.69) is 0 Å². The zero-order valence-corrected chi connectivity index (χ0v) is 10.5. The molecule has 108 valence electrons. The highest BCUT2D eigenvalue weighted by Gasteiger charge is 2.25. The number of benzene rings is 1. The first-order valence-corrected chi connectivity index (χ1v) is 6.04. The molecule has 0 radical (unpaired) electrons. The second kappa shape index (κ2) is 5.83.